The largest absolute Gasteiger partial charge is 0.478 e. The summed E-state index contributed by atoms with van der Waals surface area (Å²) >= 11 is 0. The van der Waals surface area contributed by atoms with Crippen molar-refractivity contribution in [2.45, 2.75) is 6.92 Å². The van der Waals surface area contributed by atoms with Crippen molar-refractivity contribution in [2.24, 2.45) is 0 Å². The topological polar surface area (TPSA) is 66.6 Å². The average Bonchev–Trinajstić information content (AvgIpc) is 2.43. The van der Waals surface area contributed by atoms with Crippen molar-refractivity contribution in [3.05, 3.63) is 53.8 Å². The van der Waals surface area contributed by atoms with Gasteiger partial charge in [0.2, 0.25) is 0 Å². The van der Waals surface area contributed by atoms with E-state index in [1.807, 2.05) is 6.92 Å². The Morgan fingerprint density at radius 2 is 1.90 bits per heavy atom. The maximum Gasteiger partial charge on any atom is 0.337 e. The molecule has 2 rings (SSSR count). The van der Waals surface area contributed by atoms with Gasteiger partial charge in [-0.05, 0) is 49.4 Å². The number of carboxylic acids is 1. The first-order valence-corrected chi connectivity index (χ1v) is 6.19. The third-order valence-electron chi connectivity index (χ3n) is 3.00. The van der Waals surface area contributed by atoms with Crippen LogP contribution in [-0.2, 0) is 0 Å². The molecule has 0 aliphatic heterocycles. The smallest absolute Gasteiger partial charge is 0.337 e. The van der Waals surface area contributed by atoms with Crippen LogP contribution in [0.1, 0.15) is 17.3 Å². The van der Waals surface area contributed by atoms with E-state index < -0.39 is 5.97 Å². The molecule has 104 valence electrons. The van der Waals surface area contributed by atoms with E-state index in [2.05, 4.69) is 0 Å². The van der Waals surface area contributed by atoms with Crippen LogP contribution in [0.3, 0.4) is 0 Å². The van der Waals surface area contributed by atoms with Gasteiger partial charge in [-0.15, -0.1) is 0 Å². The highest BCUT2D eigenvalue weighted by Crippen LogP contribution is 2.30. The number of anilines is 3. The zero-order valence-electron chi connectivity index (χ0n) is 11.0. The molecule has 0 aliphatic carbocycles. The normalized spacial score (nSPS) is 10.3. The molecule has 20 heavy (non-hydrogen) atoms. The lowest BCUT2D eigenvalue weighted by atomic mass is 10.1. The predicted molar refractivity (Wildman–Crippen MR) is 76.9 cm³/mol. The van der Waals surface area contributed by atoms with Gasteiger partial charge in [0.05, 0.1) is 11.3 Å². The molecular formula is C15H15FN2O2. The Bertz CT molecular complexity index is 626. The number of carboxylic acid groups (broad SMARTS) is 1. The van der Waals surface area contributed by atoms with Crippen molar-refractivity contribution in [3.63, 3.8) is 0 Å². The Kier molecular flexibility index (Phi) is 3.89. The minimum absolute atomic E-state index is 0.121. The van der Waals surface area contributed by atoms with E-state index in [1.54, 1.807) is 29.2 Å². The maximum atomic E-state index is 13.0. The molecule has 3 N–H and O–H groups in total. The van der Waals surface area contributed by atoms with Crippen molar-refractivity contribution in [1.82, 2.24) is 0 Å². The number of nitrogens with two attached hydrogens (primary N) is 1. The Balaban J connectivity index is 2.51. The first kappa shape index (κ1) is 13.9. The molecular weight excluding hydrogens is 259 g/mol. The number of halogens is 1. The van der Waals surface area contributed by atoms with Crippen LogP contribution in [0, 0.1) is 5.82 Å². The first-order valence-electron chi connectivity index (χ1n) is 6.19. The molecule has 0 heterocycles. The summed E-state index contributed by atoms with van der Waals surface area (Å²) in [6.45, 7) is 2.45. The van der Waals surface area contributed by atoms with Gasteiger partial charge in [0, 0.05) is 17.9 Å². The van der Waals surface area contributed by atoms with Gasteiger partial charge in [0.1, 0.15) is 5.82 Å². The number of rotatable bonds is 4. The van der Waals surface area contributed by atoms with Crippen LogP contribution in [0.5, 0.6) is 0 Å². The summed E-state index contributed by atoms with van der Waals surface area (Å²) in [5, 5.41) is 9.28. The van der Waals surface area contributed by atoms with Crippen LogP contribution in [-0.4, -0.2) is 17.6 Å². The number of benzene rings is 2. The molecule has 0 saturated heterocycles. The van der Waals surface area contributed by atoms with E-state index in [0.29, 0.717) is 17.9 Å². The lowest BCUT2D eigenvalue weighted by Crippen LogP contribution is -2.19. The van der Waals surface area contributed by atoms with E-state index in [1.165, 1.54) is 18.2 Å². The van der Waals surface area contributed by atoms with Crippen LogP contribution in [0.2, 0.25) is 0 Å². The van der Waals surface area contributed by atoms with Gasteiger partial charge in [0.15, 0.2) is 0 Å². The van der Waals surface area contributed by atoms with Gasteiger partial charge < -0.3 is 15.7 Å². The van der Waals surface area contributed by atoms with Gasteiger partial charge in [-0.1, -0.05) is 0 Å². The SMILES string of the molecule is CCN(c1ccc(F)cc1)c1ccc(N)cc1C(=O)O. The maximum absolute atomic E-state index is 13.0. The Morgan fingerprint density at radius 3 is 2.45 bits per heavy atom. The number of hydrogen-bond donors (Lipinski definition) is 2. The van der Waals surface area contributed by atoms with Crippen LogP contribution in [0.15, 0.2) is 42.5 Å². The van der Waals surface area contributed by atoms with Crippen LogP contribution >= 0.6 is 0 Å². The molecule has 4 nitrogen and oxygen atoms in total. The van der Waals surface area contributed by atoms with Crippen molar-refractivity contribution in [1.29, 1.82) is 0 Å². The fraction of sp³-hybridized carbons (Fsp3) is 0.133. The molecule has 2 aromatic rings. The zero-order chi connectivity index (χ0) is 14.7. The second-order valence-corrected chi connectivity index (χ2v) is 4.30. The van der Waals surface area contributed by atoms with E-state index in [0.717, 1.165) is 5.69 Å². The van der Waals surface area contributed by atoms with E-state index in [-0.39, 0.29) is 11.4 Å². The molecule has 2 aromatic carbocycles. The minimum Gasteiger partial charge on any atom is -0.478 e. The molecule has 5 heteroatoms. The lowest BCUT2D eigenvalue weighted by Gasteiger charge is -2.25. The van der Waals surface area contributed by atoms with Crippen LogP contribution in [0.25, 0.3) is 0 Å². The van der Waals surface area contributed by atoms with E-state index >= 15 is 0 Å². The molecule has 0 saturated carbocycles. The Morgan fingerprint density at radius 1 is 1.25 bits per heavy atom. The Labute approximate surface area is 116 Å². The summed E-state index contributed by atoms with van der Waals surface area (Å²) < 4.78 is 13.0. The molecule has 0 amide bonds. The third kappa shape index (κ3) is 2.71. The fourth-order valence-corrected chi connectivity index (χ4v) is 2.07. The van der Waals surface area contributed by atoms with Gasteiger partial charge >= 0.3 is 5.97 Å². The van der Waals surface area contributed by atoms with Crippen molar-refractivity contribution in [2.75, 3.05) is 17.2 Å². The lowest BCUT2D eigenvalue weighted by molar-refractivity contribution is 0.0697. The number of nitrogens with zero attached hydrogens (tertiary/aromatic N) is 1. The van der Waals surface area contributed by atoms with Gasteiger partial charge in [0.25, 0.3) is 0 Å². The predicted octanol–water partition coefficient (Wildman–Crippen LogP) is 3.26. The quantitative estimate of drug-likeness (QED) is 0.840. The number of nitrogen functional groups attached to an aromatic ring is 1. The van der Waals surface area contributed by atoms with Crippen molar-refractivity contribution >= 4 is 23.0 Å². The second kappa shape index (κ2) is 5.61. The van der Waals surface area contributed by atoms with E-state index in [9.17, 15) is 14.3 Å². The summed E-state index contributed by atoms with van der Waals surface area (Å²) in [5.74, 6) is -1.38. The fourth-order valence-electron chi connectivity index (χ4n) is 2.07. The monoisotopic (exact) mass is 274 g/mol. The van der Waals surface area contributed by atoms with Crippen LogP contribution < -0.4 is 10.6 Å². The molecule has 0 bridgehead atoms. The molecule has 0 aromatic heterocycles. The molecule has 0 aliphatic rings. The highest BCUT2D eigenvalue weighted by Gasteiger charge is 2.16. The summed E-state index contributed by atoms with van der Waals surface area (Å²) in [5.41, 5.74) is 7.40. The molecule has 0 radical (unpaired) electrons. The summed E-state index contributed by atoms with van der Waals surface area (Å²) in [4.78, 5) is 13.1. The van der Waals surface area contributed by atoms with Gasteiger partial charge in [-0.25, -0.2) is 9.18 Å². The average molecular weight is 274 g/mol. The number of hydrogen-bond acceptors (Lipinski definition) is 3. The third-order valence-corrected chi connectivity index (χ3v) is 3.00. The van der Waals surface area contributed by atoms with Gasteiger partial charge in [-0.3, -0.25) is 0 Å². The highest BCUT2D eigenvalue weighted by atomic mass is 19.1. The summed E-state index contributed by atoms with van der Waals surface area (Å²) in [6.07, 6.45) is 0. The summed E-state index contributed by atoms with van der Waals surface area (Å²) in [6, 6.07) is 10.6. The minimum atomic E-state index is -1.05. The molecule has 0 unspecified atom stereocenters. The van der Waals surface area contributed by atoms with Crippen LogP contribution in [0.4, 0.5) is 21.5 Å². The molecule has 0 fully saturated rings. The summed E-state index contributed by atoms with van der Waals surface area (Å²) in [7, 11) is 0. The van der Waals surface area contributed by atoms with E-state index in [4.69, 9.17) is 5.73 Å². The zero-order valence-corrected chi connectivity index (χ0v) is 11.0. The highest BCUT2D eigenvalue weighted by molar-refractivity contribution is 5.96. The second-order valence-electron chi connectivity index (χ2n) is 4.30. The standard InChI is InChI=1S/C15H15FN2O2/c1-2-18(12-6-3-10(16)4-7-12)14-8-5-11(17)9-13(14)15(19)20/h3-9H,2,17H2,1H3,(H,19,20). The molecule has 0 spiro atoms. The molecule has 0 atom stereocenters. The first-order chi connectivity index (χ1) is 9.52. The van der Waals surface area contributed by atoms with Crippen molar-refractivity contribution < 1.29 is 14.3 Å². The van der Waals surface area contributed by atoms with Gasteiger partial charge in [-0.2, -0.15) is 0 Å². The van der Waals surface area contributed by atoms with Crippen molar-refractivity contribution in [3.8, 4) is 0 Å². The number of carbonyl (C=O) groups is 1. The Hall–Kier alpha value is -2.56. The number of aromatic carboxylic acids is 1.